The smallest absolute Gasteiger partial charge is 0.223 e. The summed E-state index contributed by atoms with van der Waals surface area (Å²) in [6, 6.07) is 10.9. The highest BCUT2D eigenvalue weighted by Gasteiger charge is 2.40. The summed E-state index contributed by atoms with van der Waals surface area (Å²) < 4.78 is 0. The van der Waals surface area contributed by atoms with Crippen LogP contribution in [0.2, 0.25) is 0 Å². The van der Waals surface area contributed by atoms with Crippen LogP contribution >= 0.6 is 0 Å². The fourth-order valence-electron chi connectivity index (χ4n) is 2.93. The van der Waals surface area contributed by atoms with Crippen LogP contribution < -0.4 is 5.32 Å². The lowest BCUT2D eigenvalue weighted by Gasteiger charge is -2.16. The molecule has 1 saturated carbocycles. The SMILES string of the molecule is C[C@@H]1C[C@H]1C(=O)N[C@H]1CCN(Cc2ccccc2)C1. The van der Waals surface area contributed by atoms with Crippen molar-refractivity contribution in [1.29, 1.82) is 0 Å². The molecule has 1 aliphatic heterocycles. The molecule has 0 aromatic heterocycles. The third-order valence-electron chi connectivity index (χ3n) is 4.31. The first-order valence-electron chi connectivity index (χ1n) is 7.29. The minimum atomic E-state index is 0.277. The fourth-order valence-corrected chi connectivity index (χ4v) is 2.93. The Morgan fingerprint density at radius 2 is 2.11 bits per heavy atom. The van der Waals surface area contributed by atoms with Crippen LogP contribution in [0.4, 0.5) is 0 Å². The fraction of sp³-hybridized carbons (Fsp3) is 0.562. The van der Waals surface area contributed by atoms with E-state index in [2.05, 4.69) is 41.4 Å². The summed E-state index contributed by atoms with van der Waals surface area (Å²) in [7, 11) is 0. The Bertz CT molecular complexity index is 445. The summed E-state index contributed by atoms with van der Waals surface area (Å²) in [5.41, 5.74) is 1.35. The van der Waals surface area contributed by atoms with E-state index in [9.17, 15) is 4.79 Å². The van der Waals surface area contributed by atoms with Gasteiger partial charge >= 0.3 is 0 Å². The summed E-state index contributed by atoms with van der Waals surface area (Å²) >= 11 is 0. The van der Waals surface area contributed by atoms with E-state index in [1.807, 2.05) is 6.07 Å². The summed E-state index contributed by atoms with van der Waals surface area (Å²) in [4.78, 5) is 14.3. The van der Waals surface area contributed by atoms with Crippen molar-refractivity contribution in [3.63, 3.8) is 0 Å². The van der Waals surface area contributed by atoms with Gasteiger partial charge in [0, 0.05) is 31.6 Å². The zero-order valence-corrected chi connectivity index (χ0v) is 11.5. The average Bonchev–Trinajstić information content (AvgIpc) is 2.99. The predicted octanol–water partition coefficient (Wildman–Crippen LogP) is 2.03. The van der Waals surface area contributed by atoms with E-state index < -0.39 is 0 Å². The molecule has 3 heteroatoms. The normalized spacial score (nSPS) is 30.3. The Morgan fingerprint density at radius 1 is 1.37 bits per heavy atom. The number of hydrogen-bond donors (Lipinski definition) is 1. The summed E-state index contributed by atoms with van der Waals surface area (Å²) in [6.07, 6.45) is 2.16. The van der Waals surface area contributed by atoms with Crippen molar-refractivity contribution in [2.45, 2.75) is 32.4 Å². The van der Waals surface area contributed by atoms with Gasteiger partial charge in [0.25, 0.3) is 0 Å². The molecule has 0 spiro atoms. The first-order valence-corrected chi connectivity index (χ1v) is 7.29. The number of benzene rings is 1. The first-order chi connectivity index (χ1) is 9.22. The highest BCUT2D eigenvalue weighted by atomic mass is 16.2. The molecule has 1 heterocycles. The van der Waals surface area contributed by atoms with Gasteiger partial charge in [0.2, 0.25) is 5.91 Å². The van der Waals surface area contributed by atoms with Crippen molar-refractivity contribution in [1.82, 2.24) is 10.2 Å². The second kappa shape index (κ2) is 5.33. The van der Waals surface area contributed by atoms with Crippen LogP contribution in [-0.4, -0.2) is 29.9 Å². The molecule has 2 fully saturated rings. The summed E-state index contributed by atoms with van der Waals surface area (Å²) in [5, 5.41) is 3.21. The summed E-state index contributed by atoms with van der Waals surface area (Å²) in [5.74, 6) is 1.17. The molecule has 0 bridgehead atoms. The Kier molecular flexibility index (Phi) is 3.56. The van der Waals surface area contributed by atoms with Crippen LogP contribution in [0.3, 0.4) is 0 Å². The molecule has 1 saturated heterocycles. The van der Waals surface area contributed by atoms with Gasteiger partial charge < -0.3 is 5.32 Å². The maximum absolute atomic E-state index is 11.9. The number of amides is 1. The highest BCUT2D eigenvalue weighted by molar-refractivity contribution is 5.81. The number of likely N-dealkylation sites (tertiary alicyclic amines) is 1. The van der Waals surface area contributed by atoms with Crippen molar-refractivity contribution in [3.05, 3.63) is 35.9 Å². The Labute approximate surface area is 115 Å². The molecule has 1 N–H and O–H groups in total. The minimum Gasteiger partial charge on any atom is -0.352 e. The number of nitrogens with one attached hydrogen (secondary N) is 1. The number of hydrogen-bond acceptors (Lipinski definition) is 2. The third-order valence-corrected chi connectivity index (χ3v) is 4.31. The number of carbonyl (C=O) groups is 1. The van der Waals surface area contributed by atoms with Crippen LogP contribution in [0.15, 0.2) is 30.3 Å². The van der Waals surface area contributed by atoms with Crippen LogP contribution in [0.25, 0.3) is 0 Å². The minimum absolute atomic E-state index is 0.277. The Balaban J connectivity index is 1.46. The molecule has 102 valence electrons. The summed E-state index contributed by atoms with van der Waals surface area (Å²) in [6.45, 7) is 5.22. The second-order valence-electron chi connectivity index (χ2n) is 6.03. The van der Waals surface area contributed by atoms with Crippen LogP contribution in [0.5, 0.6) is 0 Å². The number of carbonyl (C=O) groups excluding carboxylic acids is 1. The van der Waals surface area contributed by atoms with E-state index in [1.54, 1.807) is 0 Å². The third kappa shape index (κ3) is 3.16. The van der Waals surface area contributed by atoms with Crippen LogP contribution in [0, 0.1) is 11.8 Å². The molecule has 3 nitrogen and oxygen atoms in total. The molecule has 2 aliphatic rings. The van der Waals surface area contributed by atoms with Gasteiger partial charge in [0.1, 0.15) is 0 Å². The molecule has 0 radical (unpaired) electrons. The molecule has 19 heavy (non-hydrogen) atoms. The second-order valence-corrected chi connectivity index (χ2v) is 6.03. The van der Waals surface area contributed by atoms with Crippen LogP contribution in [-0.2, 0) is 11.3 Å². The molecule has 3 atom stereocenters. The van der Waals surface area contributed by atoms with Crippen molar-refractivity contribution < 1.29 is 4.79 Å². The molecular formula is C16H22N2O. The van der Waals surface area contributed by atoms with Gasteiger partial charge in [-0.05, 0) is 24.3 Å². The zero-order chi connectivity index (χ0) is 13.2. The Hall–Kier alpha value is -1.35. The van der Waals surface area contributed by atoms with Gasteiger partial charge in [-0.1, -0.05) is 37.3 Å². The van der Waals surface area contributed by atoms with Gasteiger partial charge in [-0.2, -0.15) is 0 Å². The molecular weight excluding hydrogens is 236 g/mol. The molecule has 3 rings (SSSR count). The van der Waals surface area contributed by atoms with Crippen molar-refractivity contribution in [2.75, 3.05) is 13.1 Å². The van der Waals surface area contributed by atoms with E-state index in [4.69, 9.17) is 0 Å². The Morgan fingerprint density at radius 3 is 2.79 bits per heavy atom. The standard InChI is InChI=1S/C16H22N2O/c1-12-9-15(12)16(19)17-14-7-8-18(11-14)10-13-5-3-2-4-6-13/h2-6,12,14-15H,7-11H2,1H3,(H,17,19)/t12-,14+,15-/m1/s1. The lowest BCUT2D eigenvalue weighted by Crippen LogP contribution is -2.38. The zero-order valence-electron chi connectivity index (χ0n) is 11.5. The molecule has 1 aromatic rings. The van der Waals surface area contributed by atoms with Crippen molar-refractivity contribution >= 4 is 5.91 Å². The van der Waals surface area contributed by atoms with E-state index in [-0.39, 0.29) is 5.91 Å². The first kappa shape index (κ1) is 12.7. The molecule has 1 amide bonds. The topological polar surface area (TPSA) is 32.3 Å². The highest BCUT2D eigenvalue weighted by Crippen LogP contribution is 2.37. The molecule has 1 aromatic carbocycles. The molecule has 1 aliphatic carbocycles. The lowest BCUT2D eigenvalue weighted by molar-refractivity contribution is -0.123. The average molecular weight is 258 g/mol. The number of rotatable bonds is 4. The predicted molar refractivity (Wildman–Crippen MR) is 75.5 cm³/mol. The van der Waals surface area contributed by atoms with Crippen molar-refractivity contribution in [2.24, 2.45) is 11.8 Å². The van der Waals surface area contributed by atoms with Crippen molar-refractivity contribution in [3.8, 4) is 0 Å². The maximum Gasteiger partial charge on any atom is 0.223 e. The van der Waals surface area contributed by atoms with E-state index in [0.29, 0.717) is 17.9 Å². The number of nitrogens with zero attached hydrogens (tertiary/aromatic N) is 1. The van der Waals surface area contributed by atoms with E-state index >= 15 is 0 Å². The van der Waals surface area contributed by atoms with Gasteiger partial charge in [-0.15, -0.1) is 0 Å². The van der Waals surface area contributed by atoms with Gasteiger partial charge in [0.15, 0.2) is 0 Å². The van der Waals surface area contributed by atoms with Gasteiger partial charge in [-0.3, -0.25) is 9.69 Å². The van der Waals surface area contributed by atoms with Gasteiger partial charge in [0.05, 0.1) is 0 Å². The lowest BCUT2D eigenvalue weighted by atomic mass is 10.2. The quantitative estimate of drug-likeness (QED) is 0.896. The maximum atomic E-state index is 11.9. The monoisotopic (exact) mass is 258 g/mol. The van der Waals surface area contributed by atoms with Gasteiger partial charge in [-0.25, -0.2) is 0 Å². The largest absolute Gasteiger partial charge is 0.352 e. The van der Waals surface area contributed by atoms with Crippen LogP contribution in [0.1, 0.15) is 25.3 Å². The van der Waals surface area contributed by atoms with E-state index in [1.165, 1.54) is 5.56 Å². The molecule has 0 unspecified atom stereocenters. The van der Waals surface area contributed by atoms with E-state index in [0.717, 1.165) is 32.5 Å².